The van der Waals surface area contributed by atoms with E-state index in [-0.39, 0.29) is 11.2 Å². The van der Waals surface area contributed by atoms with E-state index in [2.05, 4.69) is 36.0 Å². The molecule has 0 bridgehead atoms. The van der Waals surface area contributed by atoms with Crippen LogP contribution in [0.25, 0.3) is 5.65 Å². The van der Waals surface area contributed by atoms with Crippen molar-refractivity contribution < 1.29 is 5.11 Å². The monoisotopic (exact) mass is 294 g/mol. The summed E-state index contributed by atoms with van der Waals surface area (Å²) >= 11 is 0. The lowest BCUT2D eigenvalue weighted by Crippen LogP contribution is -2.11. The van der Waals surface area contributed by atoms with E-state index in [0.717, 1.165) is 17.2 Å². The Balaban J connectivity index is 2.10. The molecule has 0 saturated carbocycles. The highest BCUT2D eigenvalue weighted by Gasteiger charge is 2.23. The standard InChI is InChI=1S/C17H18N4O/c1-17(2,3)15-16(21-11-5-4-6-14(21)18-15)20-19-12-7-9-13(22)10-8-12/h4-11,22H,1-3H3. The van der Waals surface area contributed by atoms with Crippen LogP contribution in [0.3, 0.4) is 0 Å². The first-order valence-electron chi connectivity index (χ1n) is 7.13. The van der Waals surface area contributed by atoms with Crippen LogP contribution in [0.1, 0.15) is 26.5 Å². The van der Waals surface area contributed by atoms with Gasteiger partial charge in [-0.3, -0.25) is 4.40 Å². The van der Waals surface area contributed by atoms with Gasteiger partial charge < -0.3 is 5.11 Å². The van der Waals surface area contributed by atoms with Crippen molar-refractivity contribution in [3.8, 4) is 5.75 Å². The molecule has 0 atom stereocenters. The van der Waals surface area contributed by atoms with E-state index in [0.29, 0.717) is 5.69 Å². The third-order valence-electron chi connectivity index (χ3n) is 3.33. The molecule has 112 valence electrons. The number of imidazole rings is 1. The number of azo groups is 1. The summed E-state index contributed by atoms with van der Waals surface area (Å²) in [5, 5.41) is 18.0. The zero-order chi connectivity index (χ0) is 15.7. The Morgan fingerprint density at radius 1 is 1.00 bits per heavy atom. The third-order valence-corrected chi connectivity index (χ3v) is 3.33. The second-order valence-electron chi connectivity index (χ2n) is 6.18. The maximum absolute atomic E-state index is 9.31. The Hall–Kier alpha value is -2.69. The second-order valence-corrected chi connectivity index (χ2v) is 6.18. The van der Waals surface area contributed by atoms with Gasteiger partial charge in [0.15, 0.2) is 5.82 Å². The SMILES string of the molecule is CC(C)(C)c1nc2ccccn2c1N=Nc1ccc(O)cc1. The molecule has 0 radical (unpaired) electrons. The van der Waals surface area contributed by atoms with Crippen LogP contribution >= 0.6 is 0 Å². The summed E-state index contributed by atoms with van der Waals surface area (Å²) < 4.78 is 1.94. The normalized spacial score (nSPS) is 12.3. The molecule has 0 aliphatic carbocycles. The Morgan fingerprint density at radius 3 is 2.41 bits per heavy atom. The summed E-state index contributed by atoms with van der Waals surface area (Å²) in [5.74, 6) is 0.945. The molecule has 0 aliphatic rings. The minimum Gasteiger partial charge on any atom is -0.508 e. The van der Waals surface area contributed by atoms with Crippen molar-refractivity contribution in [2.75, 3.05) is 0 Å². The van der Waals surface area contributed by atoms with Crippen LogP contribution < -0.4 is 0 Å². The lowest BCUT2D eigenvalue weighted by atomic mass is 9.92. The molecule has 2 heterocycles. The van der Waals surface area contributed by atoms with Gasteiger partial charge in [0.05, 0.1) is 11.4 Å². The summed E-state index contributed by atoms with van der Waals surface area (Å²) in [4.78, 5) is 4.68. The molecule has 0 saturated heterocycles. The molecule has 2 aromatic heterocycles. The minimum atomic E-state index is -0.130. The number of hydrogen-bond acceptors (Lipinski definition) is 4. The van der Waals surface area contributed by atoms with Gasteiger partial charge in [-0.2, -0.15) is 0 Å². The smallest absolute Gasteiger partial charge is 0.183 e. The van der Waals surface area contributed by atoms with Crippen molar-refractivity contribution in [3.63, 3.8) is 0 Å². The van der Waals surface area contributed by atoms with E-state index in [9.17, 15) is 5.11 Å². The van der Waals surface area contributed by atoms with Gasteiger partial charge in [-0.15, -0.1) is 10.2 Å². The Morgan fingerprint density at radius 2 is 1.73 bits per heavy atom. The van der Waals surface area contributed by atoms with E-state index in [1.165, 1.54) is 0 Å². The lowest BCUT2D eigenvalue weighted by Gasteiger charge is -2.15. The number of phenols is 1. The summed E-state index contributed by atoms with van der Waals surface area (Å²) in [6.45, 7) is 6.32. The van der Waals surface area contributed by atoms with E-state index in [4.69, 9.17) is 0 Å². The first-order valence-corrected chi connectivity index (χ1v) is 7.13. The van der Waals surface area contributed by atoms with Gasteiger partial charge in [-0.25, -0.2) is 4.98 Å². The van der Waals surface area contributed by atoms with Gasteiger partial charge >= 0.3 is 0 Å². The molecule has 22 heavy (non-hydrogen) atoms. The fourth-order valence-corrected chi connectivity index (χ4v) is 2.21. The highest BCUT2D eigenvalue weighted by Crippen LogP contribution is 2.33. The number of aromatic hydroxyl groups is 1. The first-order chi connectivity index (χ1) is 10.4. The van der Waals surface area contributed by atoms with Crippen molar-refractivity contribution in [1.82, 2.24) is 9.38 Å². The fraction of sp³-hybridized carbons (Fsp3) is 0.235. The summed E-state index contributed by atoms with van der Waals surface area (Å²) in [6.07, 6.45) is 1.93. The molecule has 0 aliphatic heterocycles. The molecule has 1 N–H and O–H groups in total. The number of hydrogen-bond donors (Lipinski definition) is 1. The molecule has 0 fully saturated rings. The van der Waals surface area contributed by atoms with Gasteiger partial charge in [0.1, 0.15) is 11.4 Å². The van der Waals surface area contributed by atoms with E-state index < -0.39 is 0 Å². The number of nitrogens with zero attached hydrogens (tertiary/aromatic N) is 4. The number of aromatic nitrogens is 2. The zero-order valence-corrected chi connectivity index (χ0v) is 12.9. The number of fused-ring (bicyclic) bond motifs is 1. The highest BCUT2D eigenvalue weighted by molar-refractivity contribution is 5.54. The molecular weight excluding hydrogens is 276 g/mol. The Bertz CT molecular complexity index is 826. The maximum atomic E-state index is 9.31. The van der Waals surface area contributed by atoms with E-state index in [1.54, 1.807) is 24.3 Å². The van der Waals surface area contributed by atoms with Gasteiger partial charge in [0.2, 0.25) is 0 Å². The quantitative estimate of drug-likeness (QED) is 0.693. The molecule has 5 nitrogen and oxygen atoms in total. The molecule has 1 aromatic carbocycles. The largest absolute Gasteiger partial charge is 0.508 e. The predicted molar refractivity (Wildman–Crippen MR) is 86.2 cm³/mol. The third kappa shape index (κ3) is 2.70. The van der Waals surface area contributed by atoms with Crippen molar-refractivity contribution in [3.05, 3.63) is 54.4 Å². The van der Waals surface area contributed by atoms with E-state index in [1.807, 2.05) is 28.8 Å². The average Bonchev–Trinajstić information content (AvgIpc) is 2.86. The van der Waals surface area contributed by atoms with Crippen LogP contribution in [0.15, 0.2) is 58.9 Å². The van der Waals surface area contributed by atoms with Crippen molar-refractivity contribution >= 4 is 17.2 Å². The topological polar surface area (TPSA) is 62.2 Å². The van der Waals surface area contributed by atoms with Crippen LogP contribution in [-0.2, 0) is 5.41 Å². The Labute approximate surface area is 129 Å². The van der Waals surface area contributed by atoms with Crippen molar-refractivity contribution in [1.29, 1.82) is 0 Å². The summed E-state index contributed by atoms with van der Waals surface area (Å²) in [7, 11) is 0. The second kappa shape index (κ2) is 5.26. The lowest BCUT2D eigenvalue weighted by molar-refractivity contribution is 0.475. The molecule has 5 heteroatoms. The minimum absolute atomic E-state index is 0.130. The van der Waals surface area contributed by atoms with Gasteiger partial charge in [-0.05, 0) is 36.4 Å². The summed E-state index contributed by atoms with van der Waals surface area (Å²) in [6, 6.07) is 12.5. The van der Waals surface area contributed by atoms with Crippen LogP contribution in [-0.4, -0.2) is 14.5 Å². The van der Waals surface area contributed by atoms with Crippen LogP contribution in [0.2, 0.25) is 0 Å². The number of phenolic OH excluding ortho intramolecular Hbond substituents is 1. The van der Waals surface area contributed by atoms with Crippen LogP contribution in [0, 0.1) is 0 Å². The number of rotatable bonds is 2. The molecule has 3 rings (SSSR count). The Kier molecular flexibility index (Phi) is 3.41. The predicted octanol–water partition coefficient (Wildman–Crippen LogP) is 4.75. The average molecular weight is 294 g/mol. The van der Waals surface area contributed by atoms with Gasteiger partial charge in [0, 0.05) is 11.6 Å². The first kappa shape index (κ1) is 14.3. The van der Waals surface area contributed by atoms with Crippen molar-refractivity contribution in [2.24, 2.45) is 10.2 Å². The zero-order valence-electron chi connectivity index (χ0n) is 12.9. The summed E-state index contributed by atoms with van der Waals surface area (Å²) in [5.41, 5.74) is 2.31. The van der Waals surface area contributed by atoms with Crippen LogP contribution in [0.5, 0.6) is 5.75 Å². The van der Waals surface area contributed by atoms with Gasteiger partial charge in [-0.1, -0.05) is 26.8 Å². The number of benzene rings is 1. The molecule has 0 unspecified atom stereocenters. The molecule has 0 spiro atoms. The maximum Gasteiger partial charge on any atom is 0.183 e. The van der Waals surface area contributed by atoms with Gasteiger partial charge in [0.25, 0.3) is 0 Å². The fourth-order valence-electron chi connectivity index (χ4n) is 2.21. The van der Waals surface area contributed by atoms with Crippen LogP contribution in [0.4, 0.5) is 11.5 Å². The molecular formula is C17H18N4O. The van der Waals surface area contributed by atoms with Crippen molar-refractivity contribution in [2.45, 2.75) is 26.2 Å². The molecule has 0 amide bonds. The number of pyridine rings is 1. The molecule has 3 aromatic rings. The van der Waals surface area contributed by atoms with E-state index >= 15 is 0 Å². The highest BCUT2D eigenvalue weighted by atomic mass is 16.3.